The van der Waals surface area contributed by atoms with Crippen molar-refractivity contribution in [2.45, 2.75) is 44.2 Å². The highest BCUT2D eigenvalue weighted by molar-refractivity contribution is 6.10. The van der Waals surface area contributed by atoms with Crippen LogP contribution in [0.2, 0.25) is 0 Å². The number of amides is 2. The lowest BCUT2D eigenvalue weighted by Crippen LogP contribution is -2.52. The van der Waals surface area contributed by atoms with Crippen molar-refractivity contribution in [1.29, 1.82) is 0 Å². The number of carbonyl (C=O) groups is 2. The maximum absolute atomic E-state index is 13.5. The van der Waals surface area contributed by atoms with E-state index < -0.39 is 6.04 Å². The predicted molar refractivity (Wildman–Crippen MR) is 105 cm³/mol. The first-order valence-corrected chi connectivity index (χ1v) is 9.68. The number of anilines is 1. The molecule has 5 nitrogen and oxygen atoms in total. The molecule has 5 heteroatoms. The Labute approximate surface area is 159 Å². The zero-order valence-electron chi connectivity index (χ0n) is 15.6. The maximum atomic E-state index is 13.5. The lowest BCUT2D eigenvalue weighted by molar-refractivity contribution is -0.124. The molecule has 1 aliphatic heterocycles. The van der Waals surface area contributed by atoms with Crippen LogP contribution in [-0.2, 0) is 4.79 Å². The van der Waals surface area contributed by atoms with Crippen LogP contribution in [0.1, 0.15) is 54.1 Å². The van der Waals surface area contributed by atoms with Crippen LogP contribution >= 0.6 is 0 Å². The van der Waals surface area contributed by atoms with Gasteiger partial charge in [-0.3, -0.25) is 14.6 Å². The van der Waals surface area contributed by atoms with Crippen molar-refractivity contribution in [2.75, 3.05) is 11.9 Å². The monoisotopic (exact) mass is 363 g/mol. The van der Waals surface area contributed by atoms with E-state index >= 15 is 0 Å². The average Bonchev–Trinajstić information content (AvgIpc) is 2.80. The number of rotatable bonds is 3. The molecule has 2 aliphatic rings. The molecule has 4 rings (SSSR count). The minimum absolute atomic E-state index is 0.109. The number of likely N-dealkylation sites (N-methyl/N-ethyl adjacent to an activating group) is 1. The number of carbonyl (C=O) groups excluding carboxylic acids is 2. The summed E-state index contributed by atoms with van der Waals surface area (Å²) in [6, 6.07) is 16.4. The second kappa shape index (κ2) is 7.53. The van der Waals surface area contributed by atoms with Gasteiger partial charge in [0.15, 0.2) is 6.04 Å². The third kappa shape index (κ3) is 3.35. The van der Waals surface area contributed by atoms with E-state index in [1.165, 1.54) is 6.42 Å². The quantitative estimate of drug-likeness (QED) is 0.905. The van der Waals surface area contributed by atoms with Gasteiger partial charge in [0.05, 0.1) is 11.3 Å². The number of nitrogens with one attached hydrogen (secondary N) is 1. The van der Waals surface area contributed by atoms with Crippen LogP contribution in [0, 0.1) is 0 Å². The molecule has 1 fully saturated rings. The van der Waals surface area contributed by atoms with Crippen molar-refractivity contribution in [3.63, 3.8) is 0 Å². The third-order valence-electron chi connectivity index (χ3n) is 5.58. The van der Waals surface area contributed by atoms with E-state index in [9.17, 15) is 9.59 Å². The number of hydrogen-bond donors (Lipinski definition) is 1. The Morgan fingerprint density at radius 3 is 2.30 bits per heavy atom. The van der Waals surface area contributed by atoms with Crippen molar-refractivity contribution in [3.8, 4) is 0 Å². The molecule has 2 amide bonds. The Bertz CT molecular complexity index is 830. The molecule has 1 N–H and O–H groups in total. The van der Waals surface area contributed by atoms with Crippen LogP contribution in [0.25, 0.3) is 0 Å². The standard InChI is InChI=1S/C22H25N3O2/c1-24-19-15-9-8-14-18(19)21(26)25(23-17-12-6-3-7-13-17)20(22(24)27)16-10-4-2-5-11-16/h2,4-5,8-11,14-15,17,20,23H,3,6-7,12-13H2,1H3. The number of hydrazine groups is 1. The fourth-order valence-electron chi connectivity index (χ4n) is 4.10. The first-order chi connectivity index (χ1) is 13.2. The van der Waals surface area contributed by atoms with Crippen LogP contribution in [0.4, 0.5) is 5.69 Å². The summed E-state index contributed by atoms with van der Waals surface area (Å²) < 4.78 is 0. The molecule has 2 aromatic rings. The highest BCUT2D eigenvalue weighted by atomic mass is 16.2. The van der Waals surface area contributed by atoms with Gasteiger partial charge >= 0.3 is 0 Å². The topological polar surface area (TPSA) is 52.7 Å². The van der Waals surface area contributed by atoms with Gasteiger partial charge in [0.1, 0.15) is 0 Å². The minimum atomic E-state index is -0.682. The van der Waals surface area contributed by atoms with E-state index in [2.05, 4.69) is 5.43 Å². The summed E-state index contributed by atoms with van der Waals surface area (Å²) in [5.74, 6) is -0.259. The van der Waals surface area contributed by atoms with Gasteiger partial charge in [-0.25, -0.2) is 5.43 Å². The van der Waals surface area contributed by atoms with Crippen molar-refractivity contribution < 1.29 is 9.59 Å². The van der Waals surface area contributed by atoms with Crippen molar-refractivity contribution in [1.82, 2.24) is 10.4 Å². The zero-order valence-corrected chi connectivity index (χ0v) is 15.6. The molecule has 1 saturated carbocycles. The summed E-state index contributed by atoms with van der Waals surface area (Å²) in [5.41, 5.74) is 5.45. The van der Waals surface area contributed by atoms with Gasteiger partial charge in [-0.15, -0.1) is 0 Å². The van der Waals surface area contributed by atoms with Crippen molar-refractivity contribution in [2.24, 2.45) is 0 Å². The first-order valence-electron chi connectivity index (χ1n) is 9.68. The summed E-state index contributed by atoms with van der Waals surface area (Å²) in [7, 11) is 1.74. The normalized spacial score (nSPS) is 21.1. The summed E-state index contributed by atoms with van der Waals surface area (Å²) >= 11 is 0. The van der Waals surface area contributed by atoms with E-state index in [4.69, 9.17) is 0 Å². The molecule has 0 aromatic heterocycles. The van der Waals surface area contributed by atoms with Crippen LogP contribution < -0.4 is 10.3 Å². The molecule has 0 saturated heterocycles. The van der Waals surface area contributed by atoms with Crippen LogP contribution in [0.5, 0.6) is 0 Å². The molecule has 27 heavy (non-hydrogen) atoms. The predicted octanol–water partition coefficient (Wildman–Crippen LogP) is 3.68. The second-order valence-electron chi connectivity index (χ2n) is 7.37. The van der Waals surface area contributed by atoms with E-state index in [0.29, 0.717) is 11.3 Å². The zero-order chi connectivity index (χ0) is 18.8. The highest BCUT2D eigenvalue weighted by Crippen LogP contribution is 2.33. The number of nitrogens with zero attached hydrogens (tertiary/aromatic N) is 2. The maximum Gasteiger partial charge on any atom is 0.271 e. The smallest absolute Gasteiger partial charge is 0.271 e. The van der Waals surface area contributed by atoms with Gasteiger partial charge in [0, 0.05) is 13.1 Å². The fourth-order valence-corrected chi connectivity index (χ4v) is 4.10. The highest BCUT2D eigenvalue weighted by Gasteiger charge is 2.40. The van der Waals surface area contributed by atoms with Crippen LogP contribution in [0.3, 0.4) is 0 Å². The average molecular weight is 363 g/mol. The molecule has 1 aliphatic carbocycles. The minimum Gasteiger partial charge on any atom is -0.313 e. The molecular formula is C22H25N3O2. The van der Waals surface area contributed by atoms with Crippen LogP contribution in [-0.4, -0.2) is 29.9 Å². The van der Waals surface area contributed by atoms with Gasteiger partial charge in [0.2, 0.25) is 0 Å². The lowest BCUT2D eigenvalue weighted by Gasteiger charge is -2.35. The fraction of sp³-hybridized carbons (Fsp3) is 0.364. The molecule has 1 heterocycles. The molecule has 0 radical (unpaired) electrons. The van der Waals surface area contributed by atoms with E-state index in [0.717, 1.165) is 31.2 Å². The summed E-state index contributed by atoms with van der Waals surface area (Å²) in [5, 5.41) is 1.58. The van der Waals surface area contributed by atoms with Gasteiger partial charge in [-0.2, -0.15) is 0 Å². The number of benzene rings is 2. The largest absolute Gasteiger partial charge is 0.313 e. The third-order valence-corrected chi connectivity index (χ3v) is 5.58. The molecular weight excluding hydrogens is 338 g/mol. The van der Waals surface area contributed by atoms with E-state index in [1.807, 2.05) is 48.5 Å². The Morgan fingerprint density at radius 1 is 0.889 bits per heavy atom. The van der Waals surface area contributed by atoms with E-state index in [1.54, 1.807) is 23.0 Å². The number of fused-ring (bicyclic) bond motifs is 1. The summed E-state index contributed by atoms with van der Waals surface area (Å²) in [4.78, 5) is 28.5. The molecule has 1 unspecified atom stereocenters. The Kier molecular flexibility index (Phi) is 4.94. The van der Waals surface area contributed by atoms with E-state index in [-0.39, 0.29) is 17.9 Å². The molecule has 2 aromatic carbocycles. The molecule has 0 spiro atoms. The number of para-hydroxylation sites is 1. The van der Waals surface area contributed by atoms with Gasteiger partial charge in [-0.05, 0) is 30.5 Å². The molecule has 1 atom stereocenters. The first kappa shape index (κ1) is 17.7. The van der Waals surface area contributed by atoms with Crippen molar-refractivity contribution in [3.05, 3.63) is 65.7 Å². The Morgan fingerprint density at radius 2 is 1.56 bits per heavy atom. The molecule has 140 valence electrons. The lowest BCUT2D eigenvalue weighted by atomic mass is 9.96. The Hall–Kier alpha value is -2.66. The van der Waals surface area contributed by atoms with Gasteiger partial charge in [-0.1, -0.05) is 61.7 Å². The summed E-state index contributed by atoms with van der Waals surface area (Å²) in [6.45, 7) is 0. The number of hydrogen-bond acceptors (Lipinski definition) is 3. The summed E-state index contributed by atoms with van der Waals surface area (Å²) in [6.07, 6.45) is 5.59. The van der Waals surface area contributed by atoms with Gasteiger partial charge < -0.3 is 4.90 Å². The molecule has 0 bridgehead atoms. The Balaban J connectivity index is 1.79. The SMILES string of the molecule is CN1C(=O)C(c2ccccc2)N(NC2CCCCC2)C(=O)c2ccccc21. The van der Waals surface area contributed by atoms with Crippen molar-refractivity contribution >= 4 is 17.5 Å². The second-order valence-corrected chi connectivity index (χ2v) is 7.37. The van der Waals surface area contributed by atoms with Gasteiger partial charge in [0.25, 0.3) is 11.8 Å². The van der Waals surface area contributed by atoms with Crippen LogP contribution in [0.15, 0.2) is 54.6 Å².